The summed E-state index contributed by atoms with van der Waals surface area (Å²) in [4.78, 5) is 29.8. The number of amides is 1. The summed E-state index contributed by atoms with van der Waals surface area (Å²) in [6.45, 7) is 6.46. The second-order valence-corrected chi connectivity index (χ2v) is 8.09. The minimum atomic E-state index is -0.518. The number of aliphatic imine (C=N–C) groups is 1. The molecule has 0 bridgehead atoms. The first-order valence-corrected chi connectivity index (χ1v) is 9.84. The molecule has 0 spiro atoms. The van der Waals surface area contributed by atoms with E-state index < -0.39 is 5.60 Å². The SMILES string of the molecule is CN(C)C(=O)CN=C(NCCC(=O)OC(C)(C)C)NC1CCOc2ccccc21.I. The van der Waals surface area contributed by atoms with Crippen molar-refractivity contribution in [1.29, 1.82) is 0 Å². The lowest BCUT2D eigenvalue weighted by atomic mass is 10.0. The lowest BCUT2D eigenvalue weighted by Crippen LogP contribution is -2.42. The number of halogens is 1. The van der Waals surface area contributed by atoms with Gasteiger partial charge in [-0.05, 0) is 26.8 Å². The van der Waals surface area contributed by atoms with Crippen LogP contribution in [0.1, 0.15) is 45.2 Å². The third-order valence-corrected chi connectivity index (χ3v) is 4.18. The van der Waals surface area contributed by atoms with Crippen molar-refractivity contribution in [3.05, 3.63) is 29.8 Å². The van der Waals surface area contributed by atoms with Crippen LogP contribution in [0.3, 0.4) is 0 Å². The van der Waals surface area contributed by atoms with Crippen LogP contribution in [0.4, 0.5) is 0 Å². The maximum absolute atomic E-state index is 11.9. The van der Waals surface area contributed by atoms with E-state index in [0.717, 1.165) is 17.7 Å². The molecule has 2 rings (SSSR count). The van der Waals surface area contributed by atoms with Gasteiger partial charge in [-0.25, -0.2) is 4.99 Å². The third kappa shape index (κ3) is 8.76. The molecule has 1 unspecified atom stereocenters. The first-order valence-electron chi connectivity index (χ1n) is 9.84. The van der Waals surface area contributed by atoms with Gasteiger partial charge in [0.25, 0.3) is 0 Å². The lowest BCUT2D eigenvalue weighted by Gasteiger charge is -2.28. The summed E-state index contributed by atoms with van der Waals surface area (Å²) in [6.07, 6.45) is 0.968. The number of fused-ring (bicyclic) bond motifs is 1. The summed E-state index contributed by atoms with van der Waals surface area (Å²) in [5, 5.41) is 6.50. The van der Waals surface area contributed by atoms with Crippen LogP contribution in [-0.4, -0.2) is 62.1 Å². The zero-order valence-corrected chi connectivity index (χ0v) is 20.7. The Labute approximate surface area is 195 Å². The van der Waals surface area contributed by atoms with Gasteiger partial charge < -0.3 is 25.0 Å². The predicted octanol–water partition coefficient (Wildman–Crippen LogP) is 2.48. The number of likely N-dealkylation sites (N-methyl/N-ethyl adjacent to an activating group) is 1. The van der Waals surface area contributed by atoms with Gasteiger partial charge in [0.15, 0.2) is 5.96 Å². The van der Waals surface area contributed by atoms with Crippen molar-refractivity contribution in [3.8, 4) is 5.75 Å². The van der Waals surface area contributed by atoms with E-state index in [1.54, 1.807) is 14.1 Å². The van der Waals surface area contributed by atoms with Gasteiger partial charge in [0.1, 0.15) is 17.9 Å². The van der Waals surface area contributed by atoms with Crippen LogP contribution in [0.5, 0.6) is 5.75 Å². The molecule has 2 N–H and O–H groups in total. The van der Waals surface area contributed by atoms with Gasteiger partial charge in [0.05, 0.1) is 19.1 Å². The molecular formula is C21H33IN4O4. The Morgan fingerprint density at radius 3 is 2.63 bits per heavy atom. The molecule has 0 saturated carbocycles. The molecular weight excluding hydrogens is 499 g/mol. The van der Waals surface area contributed by atoms with E-state index in [0.29, 0.717) is 19.1 Å². The molecule has 0 radical (unpaired) electrons. The van der Waals surface area contributed by atoms with E-state index in [1.807, 2.05) is 45.0 Å². The molecule has 1 aliphatic rings. The van der Waals surface area contributed by atoms with Crippen molar-refractivity contribution in [2.45, 2.75) is 45.3 Å². The van der Waals surface area contributed by atoms with Gasteiger partial charge in [-0.3, -0.25) is 9.59 Å². The van der Waals surface area contributed by atoms with Crippen molar-refractivity contribution >= 4 is 41.8 Å². The van der Waals surface area contributed by atoms with Gasteiger partial charge in [-0.2, -0.15) is 0 Å². The third-order valence-electron chi connectivity index (χ3n) is 4.18. The maximum Gasteiger partial charge on any atom is 0.308 e. The molecule has 0 aromatic heterocycles. The largest absolute Gasteiger partial charge is 0.493 e. The van der Waals surface area contributed by atoms with E-state index in [9.17, 15) is 9.59 Å². The molecule has 8 nitrogen and oxygen atoms in total. The molecule has 1 amide bonds. The first kappa shape index (κ1) is 26.0. The monoisotopic (exact) mass is 532 g/mol. The average Bonchev–Trinajstić information content (AvgIpc) is 2.64. The summed E-state index contributed by atoms with van der Waals surface area (Å²) < 4.78 is 11.0. The number of guanidine groups is 1. The minimum absolute atomic E-state index is 0. The van der Waals surface area contributed by atoms with Crippen LogP contribution in [0, 0.1) is 0 Å². The van der Waals surface area contributed by atoms with Gasteiger partial charge in [-0.1, -0.05) is 18.2 Å². The highest BCUT2D eigenvalue weighted by Crippen LogP contribution is 2.31. The van der Waals surface area contributed by atoms with Crippen molar-refractivity contribution in [1.82, 2.24) is 15.5 Å². The van der Waals surface area contributed by atoms with Crippen LogP contribution < -0.4 is 15.4 Å². The first-order chi connectivity index (χ1) is 13.7. The van der Waals surface area contributed by atoms with Crippen LogP contribution >= 0.6 is 24.0 Å². The number of hydrogen-bond acceptors (Lipinski definition) is 5. The molecule has 0 aliphatic carbocycles. The quantitative estimate of drug-likeness (QED) is 0.253. The molecule has 0 saturated heterocycles. The van der Waals surface area contributed by atoms with Crippen LogP contribution in [0.2, 0.25) is 0 Å². The molecule has 168 valence electrons. The lowest BCUT2D eigenvalue weighted by molar-refractivity contribution is -0.154. The van der Waals surface area contributed by atoms with E-state index in [2.05, 4.69) is 15.6 Å². The molecule has 0 fully saturated rings. The number of esters is 1. The normalized spacial score (nSPS) is 15.8. The minimum Gasteiger partial charge on any atom is -0.493 e. The fourth-order valence-corrected chi connectivity index (χ4v) is 2.77. The molecule has 1 atom stereocenters. The van der Waals surface area contributed by atoms with E-state index in [1.165, 1.54) is 4.90 Å². The van der Waals surface area contributed by atoms with Crippen LogP contribution in [0.15, 0.2) is 29.3 Å². The van der Waals surface area contributed by atoms with Gasteiger partial charge in [0.2, 0.25) is 5.91 Å². The Hall–Kier alpha value is -2.04. The van der Waals surface area contributed by atoms with E-state index in [-0.39, 0.29) is 54.9 Å². The summed E-state index contributed by atoms with van der Waals surface area (Å²) in [5.41, 5.74) is 0.523. The zero-order chi connectivity index (χ0) is 21.4. The van der Waals surface area contributed by atoms with Crippen LogP contribution in [-0.2, 0) is 14.3 Å². The number of rotatable bonds is 6. The van der Waals surface area contributed by atoms with Crippen molar-refractivity contribution in [2.75, 3.05) is 33.8 Å². The highest BCUT2D eigenvalue weighted by atomic mass is 127. The molecule has 1 aliphatic heterocycles. The summed E-state index contributed by atoms with van der Waals surface area (Å²) >= 11 is 0. The van der Waals surface area contributed by atoms with Crippen molar-refractivity contribution in [2.24, 2.45) is 4.99 Å². The van der Waals surface area contributed by atoms with Gasteiger partial charge in [0, 0.05) is 32.6 Å². The number of hydrogen-bond donors (Lipinski definition) is 2. The number of ether oxygens (including phenoxy) is 2. The molecule has 1 aromatic rings. The Kier molecular flexibility index (Phi) is 10.4. The summed E-state index contributed by atoms with van der Waals surface area (Å²) in [6, 6.07) is 7.85. The second kappa shape index (κ2) is 12.0. The van der Waals surface area contributed by atoms with Crippen LogP contribution in [0.25, 0.3) is 0 Å². The average molecular weight is 532 g/mol. The number of nitrogens with one attached hydrogen (secondary N) is 2. The fourth-order valence-electron chi connectivity index (χ4n) is 2.77. The molecule has 1 aromatic carbocycles. The van der Waals surface area contributed by atoms with E-state index in [4.69, 9.17) is 9.47 Å². The zero-order valence-electron chi connectivity index (χ0n) is 18.4. The Morgan fingerprint density at radius 2 is 1.97 bits per heavy atom. The Bertz CT molecular complexity index is 747. The summed E-state index contributed by atoms with van der Waals surface area (Å²) in [7, 11) is 3.38. The van der Waals surface area contributed by atoms with Gasteiger partial charge >= 0.3 is 5.97 Å². The highest BCUT2D eigenvalue weighted by molar-refractivity contribution is 14.0. The standard InChI is InChI=1S/C21H32N4O4.HI/c1-21(2,3)29-19(27)10-12-22-20(23-14-18(26)25(4)5)24-16-11-13-28-17-9-7-6-8-15(16)17;/h6-9,16H,10-14H2,1-5H3,(H2,22,23,24);1H. The second-order valence-electron chi connectivity index (χ2n) is 8.09. The number of carbonyl (C=O) groups is 2. The topological polar surface area (TPSA) is 92.3 Å². The number of benzene rings is 1. The smallest absolute Gasteiger partial charge is 0.308 e. The Balaban J connectivity index is 0.00000450. The molecule has 30 heavy (non-hydrogen) atoms. The number of carbonyl (C=O) groups excluding carboxylic acids is 2. The fraction of sp³-hybridized carbons (Fsp3) is 0.571. The number of para-hydroxylation sites is 1. The summed E-state index contributed by atoms with van der Waals surface area (Å²) in [5.74, 6) is 0.926. The predicted molar refractivity (Wildman–Crippen MR) is 127 cm³/mol. The maximum atomic E-state index is 11.9. The van der Waals surface area contributed by atoms with Crippen molar-refractivity contribution in [3.63, 3.8) is 0 Å². The highest BCUT2D eigenvalue weighted by Gasteiger charge is 2.22. The van der Waals surface area contributed by atoms with Crippen molar-refractivity contribution < 1.29 is 19.1 Å². The molecule has 1 heterocycles. The van der Waals surface area contributed by atoms with E-state index >= 15 is 0 Å². The van der Waals surface area contributed by atoms with Gasteiger partial charge in [-0.15, -0.1) is 24.0 Å². The number of nitrogens with zero attached hydrogens (tertiary/aromatic N) is 2. The molecule has 9 heteroatoms. The Morgan fingerprint density at radius 1 is 1.27 bits per heavy atom.